The Labute approximate surface area is 93.6 Å². The minimum atomic E-state index is -0.497. The molecule has 15 heavy (non-hydrogen) atoms. The zero-order valence-electron chi connectivity index (χ0n) is 8.97. The van der Waals surface area contributed by atoms with Crippen LogP contribution in [0.1, 0.15) is 24.0 Å². The third-order valence-corrected chi connectivity index (χ3v) is 2.84. The zero-order valence-corrected chi connectivity index (χ0v) is 9.73. The molecule has 0 heterocycles. The largest absolute Gasteiger partial charge is 0.493 e. The molecule has 0 aromatic heterocycles. The lowest BCUT2D eigenvalue weighted by Gasteiger charge is -2.18. The van der Waals surface area contributed by atoms with Crippen molar-refractivity contribution in [3.05, 3.63) is 28.0 Å². The van der Waals surface area contributed by atoms with E-state index < -0.39 is 5.82 Å². The van der Waals surface area contributed by atoms with Gasteiger partial charge in [0.15, 0.2) is 11.6 Å². The van der Waals surface area contributed by atoms with Crippen LogP contribution in [-0.4, -0.2) is 18.8 Å². The van der Waals surface area contributed by atoms with Crippen LogP contribution in [0, 0.1) is 12.7 Å². The maximum absolute atomic E-state index is 13.5. The molecule has 1 unspecified atom stereocenters. The molecule has 0 aliphatic heterocycles. The second-order valence-corrected chi connectivity index (χ2v) is 3.90. The Balaban J connectivity index is 3.43. The van der Waals surface area contributed by atoms with Crippen LogP contribution in [0.4, 0.5) is 4.39 Å². The summed E-state index contributed by atoms with van der Waals surface area (Å²) in [7, 11) is 1.40. The SMILES string of the molecule is COc1c(F)cc(Cl)c(C)c1C(C)CO. The van der Waals surface area contributed by atoms with Crippen molar-refractivity contribution in [1.29, 1.82) is 0 Å². The third-order valence-electron chi connectivity index (χ3n) is 2.45. The summed E-state index contributed by atoms with van der Waals surface area (Å²) in [6.45, 7) is 3.50. The molecule has 2 nitrogen and oxygen atoms in total. The Morgan fingerprint density at radius 1 is 1.60 bits per heavy atom. The maximum atomic E-state index is 13.5. The lowest BCUT2D eigenvalue weighted by Crippen LogP contribution is -2.06. The molecular weight excluding hydrogens is 219 g/mol. The van der Waals surface area contributed by atoms with Gasteiger partial charge in [-0.15, -0.1) is 0 Å². The van der Waals surface area contributed by atoms with Gasteiger partial charge in [-0.3, -0.25) is 0 Å². The number of methoxy groups -OCH3 is 1. The van der Waals surface area contributed by atoms with Crippen LogP contribution in [0.25, 0.3) is 0 Å². The molecule has 0 aliphatic carbocycles. The normalized spacial score (nSPS) is 12.7. The number of hydrogen-bond acceptors (Lipinski definition) is 2. The predicted molar refractivity (Wildman–Crippen MR) is 58.2 cm³/mol. The summed E-state index contributed by atoms with van der Waals surface area (Å²) in [5, 5.41) is 9.44. The highest BCUT2D eigenvalue weighted by Crippen LogP contribution is 2.36. The van der Waals surface area contributed by atoms with Crippen LogP contribution >= 0.6 is 11.6 Å². The van der Waals surface area contributed by atoms with Gasteiger partial charge in [0.25, 0.3) is 0 Å². The Hall–Kier alpha value is -0.800. The van der Waals surface area contributed by atoms with Crippen molar-refractivity contribution >= 4 is 11.6 Å². The quantitative estimate of drug-likeness (QED) is 0.869. The van der Waals surface area contributed by atoms with Gasteiger partial charge in [-0.1, -0.05) is 18.5 Å². The second kappa shape index (κ2) is 4.81. The van der Waals surface area contributed by atoms with Crippen molar-refractivity contribution in [2.45, 2.75) is 19.8 Å². The van der Waals surface area contributed by atoms with Crippen molar-refractivity contribution in [3.8, 4) is 5.75 Å². The molecule has 1 N–H and O–H groups in total. The molecule has 0 fully saturated rings. The van der Waals surface area contributed by atoms with Gasteiger partial charge in [-0.05, 0) is 18.6 Å². The van der Waals surface area contributed by atoms with Crippen molar-refractivity contribution in [2.75, 3.05) is 13.7 Å². The number of benzene rings is 1. The van der Waals surface area contributed by atoms with Gasteiger partial charge in [0.05, 0.1) is 7.11 Å². The fourth-order valence-corrected chi connectivity index (χ4v) is 1.80. The first-order valence-electron chi connectivity index (χ1n) is 4.66. The predicted octanol–water partition coefficient (Wildman–Crippen LogP) is 2.89. The van der Waals surface area contributed by atoms with Gasteiger partial charge in [0, 0.05) is 23.1 Å². The van der Waals surface area contributed by atoms with Gasteiger partial charge in [0.1, 0.15) is 0 Å². The summed E-state index contributed by atoms with van der Waals surface area (Å²) in [5.74, 6) is -0.532. The first-order chi connectivity index (χ1) is 7.02. The average Bonchev–Trinajstić information content (AvgIpc) is 2.21. The molecule has 0 bridgehead atoms. The maximum Gasteiger partial charge on any atom is 0.166 e. The van der Waals surface area contributed by atoms with E-state index in [9.17, 15) is 4.39 Å². The number of halogens is 2. The molecule has 4 heteroatoms. The van der Waals surface area contributed by atoms with Crippen molar-refractivity contribution in [1.82, 2.24) is 0 Å². The molecule has 0 amide bonds. The Morgan fingerprint density at radius 3 is 2.67 bits per heavy atom. The molecule has 1 atom stereocenters. The van der Waals surface area contributed by atoms with Gasteiger partial charge in [0.2, 0.25) is 0 Å². The summed E-state index contributed by atoms with van der Waals surface area (Å²) >= 11 is 5.87. The highest BCUT2D eigenvalue weighted by Gasteiger charge is 2.19. The number of aliphatic hydroxyl groups is 1. The summed E-state index contributed by atoms with van der Waals surface area (Å²) in [6.07, 6.45) is 0. The van der Waals surface area contributed by atoms with E-state index in [4.69, 9.17) is 21.4 Å². The minimum absolute atomic E-state index is 0.0724. The van der Waals surface area contributed by atoms with Crippen molar-refractivity contribution in [3.63, 3.8) is 0 Å². The van der Waals surface area contributed by atoms with E-state index >= 15 is 0 Å². The molecule has 1 rings (SSSR count). The molecule has 0 saturated carbocycles. The fourth-order valence-electron chi connectivity index (χ4n) is 1.60. The van der Waals surface area contributed by atoms with Crippen LogP contribution in [0.15, 0.2) is 6.07 Å². The van der Waals surface area contributed by atoms with Gasteiger partial charge < -0.3 is 9.84 Å². The topological polar surface area (TPSA) is 29.5 Å². The Bertz CT molecular complexity index is 366. The number of hydrogen-bond donors (Lipinski definition) is 1. The molecule has 0 radical (unpaired) electrons. The lowest BCUT2D eigenvalue weighted by atomic mass is 9.95. The molecule has 1 aromatic carbocycles. The average molecular weight is 233 g/mol. The second-order valence-electron chi connectivity index (χ2n) is 3.50. The van der Waals surface area contributed by atoms with E-state index in [0.717, 1.165) is 5.56 Å². The fraction of sp³-hybridized carbons (Fsp3) is 0.455. The van der Waals surface area contributed by atoms with Crippen molar-refractivity contribution < 1.29 is 14.2 Å². The highest BCUT2D eigenvalue weighted by atomic mass is 35.5. The summed E-state index contributed by atoms with van der Waals surface area (Å²) in [5.41, 5.74) is 1.38. The molecule has 1 aromatic rings. The monoisotopic (exact) mass is 232 g/mol. The van der Waals surface area contributed by atoms with Crippen LogP contribution < -0.4 is 4.74 Å². The van der Waals surface area contributed by atoms with E-state index in [2.05, 4.69) is 0 Å². The number of ether oxygens (including phenoxy) is 1. The first kappa shape index (κ1) is 12.3. The standard InChI is InChI=1S/C11H14ClFO2/c1-6(5-14)10-7(2)8(12)4-9(13)11(10)15-3/h4,6,14H,5H2,1-3H3. The van der Waals surface area contributed by atoms with Crippen LogP contribution in [0.5, 0.6) is 5.75 Å². The van der Waals surface area contributed by atoms with Gasteiger partial charge >= 0.3 is 0 Å². The smallest absolute Gasteiger partial charge is 0.166 e. The molecule has 84 valence electrons. The molecule has 0 spiro atoms. The summed E-state index contributed by atoms with van der Waals surface area (Å²) in [4.78, 5) is 0. The number of aliphatic hydroxyl groups excluding tert-OH is 1. The van der Waals surface area contributed by atoms with Crippen molar-refractivity contribution in [2.24, 2.45) is 0 Å². The van der Waals surface area contributed by atoms with E-state index in [0.29, 0.717) is 10.6 Å². The molecule has 0 aliphatic rings. The van der Waals surface area contributed by atoms with Crippen LogP contribution in [0.2, 0.25) is 5.02 Å². The highest BCUT2D eigenvalue weighted by molar-refractivity contribution is 6.31. The lowest BCUT2D eigenvalue weighted by molar-refractivity contribution is 0.268. The molecular formula is C11H14ClFO2. The van der Waals surface area contributed by atoms with E-state index in [1.54, 1.807) is 13.8 Å². The molecule has 0 saturated heterocycles. The third kappa shape index (κ3) is 2.24. The van der Waals surface area contributed by atoms with Gasteiger partial charge in [-0.2, -0.15) is 0 Å². The first-order valence-corrected chi connectivity index (χ1v) is 5.04. The Kier molecular flexibility index (Phi) is 3.94. The van der Waals surface area contributed by atoms with Crippen LogP contribution in [-0.2, 0) is 0 Å². The zero-order chi connectivity index (χ0) is 11.6. The van der Waals surface area contributed by atoms with E-state index in [-0.39, 0.29) is 18.3 Å². The van der Waals surface area contributed by atoms with Gasteiger partial charge in [-0.25, -0.2) is 4.39 Å². The van der Waals surface area contributed by atoms with Crippen LogP contribution in [0.3, 0.4) is 0 Å². The summed E-state index contributed by atoms with van der Waals surface area (Å²) in [6, 6.07) is 1.23. The van der Waals surface area contributed by atoms with E-state index in [1.165, 1.54) is 13.2 Å². The number of rotatable bonds is 3. The Morgan fingerprint density at radius 2 is 2.20 bits per heavy atom. The summed E-state index contributed by atoms with van der Waals surface area (Å²) < 4.78 is 18.5. The van der Waals surface area contributed by atoms with E-state index in [1.807, 2.05) is 0 Å². The minimum Gasteiger partial charge on any atom is -0.493 e.